The fourth-order valence-corrected chi connectivity index (χ4v) is 2.15. The second-order valence-electron chi connectivity index (χ2n) is 4.42. The average molecular weight is 293 g/mol. The first-order valence-electron chi connectivity index (χ1n) is 6.47. The van der Waals surface area contributed by atoms with Crippen molar-refractivity contribution in [3.05, 3.63) is 46.7 Å². The molecule has 106 valence electrons. The van der Waals surface area contributed by atoms with E-state index in [0.717, 1.165) is 24.2 Å². The van der Waals surface area contributed by atoms with Crippen LogP contribution in [0.5, 0.6) is 0 Å². The SMILES string of the molecule is CCCNCc1c(Cl)cccc1-n1ccc(C(N)=O)n1. The number of hydrogen-bond donors (Lipinski definition) is 2. The van der Waals surface area contributed by atoms with Gasteiger partial charge in [0.1, 0.15) is 5.69 Å². The van der Waals surface area contributed by atoms with Crippen LogP contribution < -0.4 is 11.1 Å². The number of nitrogens with zero attached hydrogens (tertiary/aromatic N) is 2. The standard InChI is InChI=1S/C14H17ClN4O/c1-2-7-17-9-10-11(15)4-3-5-13(10)19-8-6-12(18-19)14(16)20/h3-6,8,17H,2,7,9H2,1H3,(H2,16,20). The fourth-order valence-electron chi connectivity index (χ4n) is 1.92. The number of benzene rings is 1. The molecule has 1 aromatic carbocycles. The molecule has 0 atom stereocenters. The number of carbonyl (C=O) groups is 1. The van der Waals surface area contributed by atoms with Gasteiger partial charge in [-0.2, -0.15) is 5.10 Å². The van der Waals surface area contributed by atoms with Crippen LogP contribution in [0.25, 0.3) is 5.69 Å². The molecule has 6 heteroatoms. The number of hydrogen-bond acceptors (Lipinski definition) is 3. The second-order valence-corrected chi connectivity index (χ2v) is 4.83. The summed E-state index contributed by atoms with van der Waals surface area (Å²) in [5.74, 6) is -0.545. The van der Waals surface area contributed by atoms with Gasteiger partial charge in [0.05, 0.1) is 5.69 Å². The lowest BCUT2D eigenvalue weighted by Crippen LogP contribution is -2.16. The Kier molecular flexibility index (Phi) is 4.76. The molecular weight excluding hydrogens is 276 g/mol. The van der Waals surface area contributed by atoms with Gasteiger partial charge in [0.2, 0.25) is 0 Å². The molecule has 3 N–H and O–H groups in total. The Balaban J connectivity index is 2.34. The van der Waals surface area contributed by atoms with E-state index in [-0.39, 0.29) is 5.69 Å². The first-order chi connectivity index (χ1) is 9.63. The van der Waals surface area contributed by atoms with Crippen molar-refractivity contribution in [3.8, 4) is 5.69 Å². The number of rotatable bonds is 6. The van der Waals surface area contributed by atoms with Gasteiger partial charge in [-0.1, -0.05) is 24.6 Å². The maximum absolute atomic E-state index is 11.1. The highest BCUT2D eigenvalue weighted by Gasteiger charge is 2.11. The monoisotopic (exact) mass is 292 g/mol. The molecule has 1 heterocycles. The molecule has 5 nitrogen and oxygen atoms in total. The van der Waals surface area contributed by atoms with Gasteiger partial charge in [-0.25, -0.2) is 4.68 Å². The van der Waals surface area contributed by atoms with Crippen LogP contribution in [0.3, 0.4) is 0 Å². The Labute approximate surface area is 122 Å². The Morgan fingerprint density at radius 2 is 2.25 bits per heavy atom. The van der Waals surface area contributed by atoms with Gasteiger partial charge in [0.25, 0.3) is 5.91 Å². The van der Waals surface area contributed by atoms with Gasteiger partial charge in [-0.15, -0.1) is 0 Å². The second kappa shape index (κ2) is 6.54. The third-order valence-electron chi connectivity index (χ3n) is 2.91. The lowest BCUT2D eigenvalue weighted by atomic mass is 10.1. The van der Waals surface area contributed by atoms with Crippen molar-refractivity contribution in [1.29, 1.82) is 0 Å². The quantitative estimate of drug-likeness (QED) is 0.801. The minimum Gasteiger partial charge on any atom is -0.364 e. The molecule has 0 unspecified atom stereocenters. The van der Waals surface area contributed by atoms with Crippen LogP contribution in [-0.2, 0) is 6.54 Å². The molecule has 1 amide bonds. The summed E-state index contributed by atoms with van der Waals surface area (Å²) in [7, 11) is 0. The molecule has 0 aliphatic heterocycles. The van der Waals surface area contributed by atoms with Gasteiger partial charge in [0, 0.05) is 23.3 Å². The highest BCUT2D eigenvalue weighted by atomic mass is 35.5. The van der Waals surface area contributed by atoms with Gasteiger partial charge in [-0.05, 0) is 31.2 Å². The van der Waals surface area contributed by atoms with Crippen molar-refractivity contribution in [2.24, 2.45) is 5.73 Å². The molecule has 2 rings (SSSR count). The van der Waals surface area contributed by atoms with Crippen LogP contribution in [-0.4, -0.2) is 22.2 Å². The summed E-state index contributed by atoms with van der Waals surface area (Å²) in [6.07, 6.45) is 2.75. The molecule has 2 aromatic rings. The molecule has 20 heavy (non-hydrogen) atoms. The number of nitrogens with two attached hydrogens (primary N) is 1. The third-order valence-corrected chi connectivity index (χ3v) is 3.27. The summed E-state index contributed by atoms with van der Waals surface area (Å²) < 4.78 is 1.62. The molecule has 0 saturated carbocycles. The molecule has 0 bridgehead atoms. The minimum atomic E-state index is -0.545. The Bertz CT molecular complexity index is 609. The highest BCUT2D eigenvalue weighted by molar-refractivity contribution is 6.31. The Morgan fingerprint density at radius 3 is 2.90 bits per heavy atom. The van der Waals surface area contributed by atoms with E-state index in [2.05, 4.69) is 17.3 Å². The summed E-state index contributed by atoms with van der Waals surface area (Å²) in [5, 5.41) is 8.15. The molecule has 0 fully saturated rings. The zero-order valence-corrected chi connectivity index (χ0v) is 12.0. The zero-order valence-electron chi connectivity index (χ0n) is 11.3. The fraction of sp³-hybridized carbons (Fsp3) is 0.286. The van der Waals surface area contributed by atoms with E-state index >= 15 is 0 Å². The lowest BCUT2D eigenvalue weighted by Gasteiger charge is -2.12. The van der Waals surface area contributed by atoms with Gasteiger partial charge in [-0.3, -0.25) is 4.79 Å². The number of primary amides is 1. The van der Waals surface area contributed by atoms with Crippen LogP contribution in [0.4, 0.5) is 0 Å². The van der Waals surface area contributed by atoms with E-state index in [1.54, 1.807) is 16.9 Å². The molecule has 0 aliphatic carbocycles. The van der Waals surface area contributed by atoms with E-state index < -0.39 is 5.91 Å². The number of amides is 1. The van der Waals surface area contributed by atoms with E-state index in [0.29, 0.717) is 11.6 Å². The number of aromatic nitrogens is 2. The Morgan fingerprint density at radius 1 is 1.45 bits per heavy atom. The summed E-state index contributed by atoms with van der Waals surface area (Å²) >= 11 is 6.25. The molecule has 0 saturated heterocycles. The van der Waals surface area contributed by atoms with Crippen molar-refractivity contribution in [2.45, 2.75) is 19.9 Å². The van der Waals surface area contributed by atoms with Crippen molar-refractivity contribution in [2.75, 3.05) is 6.54 Å². The lowest BCUT2D eigenvalue weighted by molar-refractivity contribution is 0.0995. The summed E-state index contributed by atoms with van der Waals surface area (Å²) in [6, 6.07) is 7.19. The molecule has 0 aliphatic rings. The molecule has 0 spiro atoms. The maximum Gasteiger partial charge on any atom is 0.269 e. The van der Waals surface area contributed by atoms with Gasteiger partial charge >= 0.3 is 0 Å². The van der Waals surface area contributed by atoms with Crippen LogP contribution in [0, 0.1) is 0 Å². The topological polar surface area (TPSA) is 72.9 Å². The predicted molar refractivity (Wildman–Crippen MR) is 79.1 cm³/mol. The van der Waals surface area contributed by atoms with Crippen LogP contribution in [0.2, 0.25) is 5.02 Å². The number of halogens is 1. The highest BCUT2D eigenvalue weighted by Crippen LogP contribution is 2.23. The van der Waals surface area contributed by atoms with Crippen molar-refractivity contribution in [3.63, 3.8) is 0 Å². The van der Waals surface area contributed by atoms with Crippen LogP contribution >= 0.6 is 11.6 Å². The summed E-state index contributed by atoms with van der Waals surface area (Å²) in [5.41, 5.74) is 7.24. The van der Waals surface area contributed by atoms with Crippen LogP contribution in [0.1, 0.15) is 29.4 Å². The van der Waals surface area contributed by atoms with Crippen molar-refractivity contribution < 1.29 is 4.79 Å². The third kappa shape index (κ3) is 3.18. The minimum absolute atomic E-state index is 0.234. The summed E-state index contributed by atoms with van der Waals surface area (Å²) in [4.78, 5) is 11.1. The average Bonchev–Trinajstić information content (AvgIpc) is 2.90. The molecular formula is C14H17ClN4O. The molecule has 1 aromatic heterocycles. The maximum atomic E-state index is 11.1. The van der Waals surface area contributed by atoms with Crippen LogP contribution in [0.15, 0.2) is 30.5 Å². The predicted octanol–water partition coefficient (Wildman–Crippen LogP) is 2.12. The smallest absolute Gasteiger partial charge is 0.269 e. The zero-order chi connectivity index (χ0) is 14.5. The van der Waals surface area contributed by atoms with E-state index in [1.165, 1.54) is 0 Å². The van der Waals surface area contributed by atoms with E-state index in [1.807, 2.05) is 18.2 Å². The summed E-state index contributed by atoms with van der Waals surface area (Å²) in [6.45, 7) is 3.66. The van der Waals surface area contributed by atoms with Crippen molar-refractivity contribution in [1.82, 2.24) is 15.1 Å². The molecule has 0 radical (unpaired) electrons. The van der Waals surface area contributed by atoms with Gasteiger partial charge in [0.15, 0.2) is 0 Å². The van der Waals surface area contributed by atoms with E-state index in [9.17, 15) is 4.79 Å². The van der Waals surface area contributed by atoms with E-state index in [4.69, 9.17) is 17.3 Å². The number of nitrogens with one attached hydrogen (secondary N) is 1. The first kappa shape index (κ1) is 14.6. The van der Waals surface area contributed by atoms with Gasteiger partial charge < -0.3 is 11.1 Å². The Hall–Kier alpha value is -1.85. The number of carbonyl (C=O) groups excluding carboxylic acids is 1. The van der Waals surface area contributed by atoms with Crippen molar-refractivity contribution >= 4 is 17.5 Å². The largest absolute Gasteiger partial charge is 0.364 e. The normalized spacial score (nSPS) is 10.7. The first-order valence-corrected chi connectivity index (χ1v) is 6.85.